The van der Waals surface area contributed by atoms with Crippen molar-refractivity contribution in [1.82, 2.24) is 0 Å². The molecule has 0 saturated carbocycles. The first-order valence-electron chi connectivity index (χ1n) is 7.12. The number of allylic oxidation sites excluding steroid dienone is 3. The first-order valence-corrected chi connectivity index (χ1v) is 7.12. The van der Waals surface area contributed by atoms with E-state index in [1.54, 1.807) is 0 Å². The molecule has 4 heteroatoms. The summed E-state index contributed by atoms with van der Waals surface area (Å²) in [5.41, 5.74) is 2.35. The van der Waals surface area contributed by atoms with Gasteiger partial charge in [-0.3, -0.25) is 4.79 Å². The molecular formula is C16H26O4. The Balaban J connectivity index is 5.04. The SMILES string of the molecule is CCCC(/C=C/C(=O)OC)=C(\CCC)CCC(=O)OC. The van der Waals surface area contributed by atoms with Gasteiger partial charge in [0.15, 0.2) is 0 Å². The quantitative estimate of drug-likeness (QED) is 0.368. The lowest BCUT2D eigenvalue weighted by Gasteiger charge is -2.11. The number of hydrogen-bond acceptors (Lipinski definition) is 4. The van der Waals surface area contributed by atoms with E-state index >= 15 is 0 Å². The van der Waals surface area contributed by atoms with Crippen molar-refractivity contribution in [1.29, 1.82) is 0 Å². The minimum Gasteiger partial charge on any atom is -0.469 e. The Labute approximate surface area is 121 Å². The predicted octanol–water partition coefficient (Wildman–Crippen LogP) is 3.57. The van der Waals surface area contributed by atoms with Gasteiger partial charge in [0.2, 0.25) is 0 Å². The molecule has 0 aromatic carbocycles. The third-order valence-electron chi connectivity index (χ3n) is 3.01. The molecule has 0 aliphatic heterocycles. The zero-order chi connectivity index (χ0) is 15.4. The summed E-state index contributed by atoms with van der Waals surface area (Å²) in [6.45, 7) is 4.20. The summed E-state index contributed by atoms with van der Waals surface area (Å²) in [7, 11) is 2.76. The maximum atomic E-state index is 11.3. The van der Waals surface area contributed by atoms with E-state index in [4.69, 9.17) is 0 Å². The Bertz CT molecular complexity index is 367. The number of carbonyl (C=O) groups is 2. The number of carbonyl (C=O) groups excluding carboxylic acids is 2. The van der Waals surface area contributed by atoms with Crippen LogP contribution in [0.15, 0.2) is 23.3 Å². The molecule has 0 N–H and O–H groups in total. The average molecular weight is 282 g/mol. The van der Waals surface area contributed by atoms with Crippen LogP contribution >= 0.6 is 0 Å². The molecule has 114 valence electrons. The van der Waals surface area contributed by atoms with Crippen molar-refractivity contribution in [3.05, 3.63) is 23.3 Å². The molecule has 0 bridgehead atoms. The number of rotatable bonds is 9. The molecule has 0 rings (SSSR count). The molecule has 0 aromatic rings. The highest BCUT2D eigenvalue weighted by atomic mass is 16.5. The fourth-order valence-electron chi connectivity index (χ4n) is 1.99. The normalized spacial score (nSPS) is 12.2. The Morgan fingerprint density at radius 2 is 1.50 bits per heavy atom. The smallest absolute Gasteiger partial charge is 0.330 e. The molecule has 0 heterocycles. The van der Waals surface area contributed by atoms with Crippen LogP contribution < -0.4 is 0 Å². The van der Waals surface area contributed by atoms with Gasteiger partial charge in [0, 0.05) is 12.5 Å². The van der Waals surface area contributed by atoms with Gasteiger partial charge < -0.3 is 9.47 Å². The van der Waals surface area contributed by atoms with Gasteiger partial charge >= 0.3 is 11.9 Å². The van der Waals surface area contributed by atoms with Crippen molar-refractivity contribution in [2.75, 3.05) is 14.2 Å². The van der Waals surface area contributed by atoms with Crippen molar-refractivity contribution in [3.63, 3.8) is 0 Å². The molecule has 0 spiro atoms. The average Bonchev–Trinajstić information content (AvgIpc) is 2.47. The second kappa shape index (κ2) is 11.3. The largest absolute Gasteiger partial charge is 0.469 e. The van der Waals surface area contributed by atoms with Crippen LogP contribution in [0.25, 0.3) is 0 Å². The highest BCUT2D eigenvalue weighted by molar-refractivity contribution is 5.82. The van der Waals surface area contributed by atoms with Gasteiger partial charge in [-0.1, -0.05) is 38.3 Å². The molecule has 0 atom stereocenters. The zero-order valence-corrected chi connectivity index (χ0v) is 13.0. The van der Waals surface area contributed by atoms with Crippen LogP contribution in [0.3, 0.4) is 0 Å². The van der Waals surface area contributed by atoms with Gasteiger partial charge in [-0.05, 0) is 24.8 Å². The first-order chi connectivity index (χ1) is 9.58. The second-order valence-corrected chi connectivity index (χ2v) is 4.56. The monoisotopic (exact) mass is 282 g/mol. The van der Waals surface area contributed by atoms with Gasteiger partial charge in [-0.2, -0.15) is 0 Å². The molecular weight excluding hydrogens is 256 g/mol. The van der Waals surface area contributed by atoms with E-state index in [0.29, 0.717) is 12.8 Å². The lowest BCUT2D eigenvalue weighted by molar-refractivity contribution is -0.140. The van der Waals surface area contributed by atoms with Crippen molar-refractivity contribution in [3.8, 4) is 0 Å². The van der Waals surface area contributed by atoms with Crippen molar-refractivity contribution < 1.29 is 19.1 Å². The number of esters is 2. The predicted molar refractivity (Wildman–Crippen MR) is 79.2 cm³/mol. The fraction of sp³-hybridized carbons (Fsp3) is 0.625. The van der Waals surface area contributed by atoms with E-state index in [9.17, 15) is 9.59 Å². The Hall–Kier alpha value is -1.58. The lowest BCUT2D eigenvalue weighted by Crippen LogP contribution is -2.02. The summed E-state index contributed by atoms with van der Waals surface area (Å²) in [5.74, 6) is -0.561. The highest BCUT2D eigenvalue weighted by Crippen LogP contribution is 2.22. The van der Waals surface area contributed by atoms with E-state index < -0.39 is 0 Å². The minimum absolute atomic E-state index is 0.202. The topological polar surface area (TPSA) is 52.6 Å². The number of hydrogen-bond donors (Lipinski definition) is 0. The Morgan fingerprint density at radius 3 is 2.00 bits per heavy atom. The molecule has 4 nitrogen and oxygen atoms in total. The summed E-state index contributed by atoms with van der Waals surface area (Å²) >= 11 is 0. The van der Waals surface area contributed by atoms with Gasteiger partial charge in [-0.15, -0.1) is 0 Å². The number of methoxy groups -OCH3 is 2. The fourth-order valence-corrected chi connectivity index (χ4v) is 1.99. The van der Waals surface area contributed by atoms with E-state index in [2.05, 4.69) is 23.3 Å². The summed E-state index contributed by atoms with van der Waals surface area (Å²) in [4.78, 5) is 22.5. The van der Waals surface area contributed by atoms with Crippen molar-refractivity contribution in [2.45, 2.75) is 52.4 Å². The number of ether oxygens (including phenoxy) is 2. The van der Waals surface area contributed by atoms with E-state index in [1.165, 1.54) is 25.9 Å². The molecule has 0 aliphatic rings. The first kappa shape index (κ1) is 18.4. The molecule has 0 fully saturated rings. The lowest BCUT2D eigenvalue weighted by atomic mass is 9.95. The zero-order valence-electron chi connectivity index (χ0n) is 13.0. The van der Waals surface area contributed by atoms with E-state index in [1.807, 2.05) is 6.08 Å². The maximum absolute atomic E-state index is 11.3. The molecule has 0 aromatic heterocycles. The second-order valence-electron chi connectivity index (χ2n) is 4.56. The van der Waals surface area contributed by atoms with Gasteiger partial charge in [0.05, 0.1) is 14.2 Å². The molecule has 0 saturated heterocycles. The van der Waals surface area contributed by atoms with Crippen molar-refractivity contribution in [2.24, 2.45) is 0 Å². The Morgan fingerprint density at radius 1 is 0.850 bits per heavy atom. The van der Waals surface area contributed by atoms with Crippen LogP contribution in [0.4, 0.5) is 0 Å². The van der Waals surface area contributed by atoms with E-state index in [0.717, 1.165) is 31.3 Å². The summed E-state index contributed by atoms with van der Waals surface area (Å²) in [6.07, 6.45) is 8.15. The standard InChI is InChI=1S/C16H26O4/c1-5-7-13(9-11-15(17)19-3)14(8-6-2)10-12-16(18)20-4/h9,11H,5-8,10,12H2,1-4H3/b11-9+,14-13-. The molecule has 0 amide bonds. The van der Waals surface area contributed by atoms with Gasteiger partial charge in [0.25, 0.3) is 0 Å². The highest BCUT2D eigenvalue weighted by Gasteiger charge is 2.08. The van der Waals surface area contributed by atoms with Crippen LogP contribution in [0.2, 0.25) is 0 Å². The van der Waals surface area contributed by atoms with Crippen LogP contribution in [0.1, 0.15) is 52.4 Å². The summed E-state index contributed by atoms with van der Waals surface area (Å²) in [5, 5.41) is 0. The van der Waals surface area contributed by atoms with Crippen LogP contribution in [-0.4, -0.2) is 26.2 Å². The summed E-state index contributed by atoms with van der Waals surface area (Å²) < 4.78 is 9.29. The third kappa shape index (κ3) is 7.77. The Kier molecular flexibility index (Phi) is 10.4. The molecule has 0 radical (unpaired) electrons. The molecule has 20 heavy (non-hydrogen) atoms. The van der Waals surface area contributed by atoms with Gasteiger partial charge in [0.1, 0.15) is 0 Å². The van der Waals surface area contributed by atoms with Crippen molar-refractivity contribution >= 4 is 11.9 Å². The van der Waals surface area contributed by atoms with E-state index in [-0.39, 0.29) is 11.9 Å². The van der Waals surface area contributed by atoms with Crippen LogP contribution in [0.5, 0.6) is 0 Å². The van der Waals surface area contributed by atoms with Crippen LogP contribution in [0, 0.1) is 0 Å². The summed E-state index contributed by atoms with van der Waals surface area (Å²) in [6, 6.07) is 0. The van der Waals surface area contributed by atoms with Gasteiger partial charge in [-0.25, -0.2) is 4.79 Å². The molecule has 0 unspecified atom stereocenters. The van der Waals surface area contributed by atoms with Crippen LogP contribution in [-0.2, 0) is 19.1 Å². The third-order valence-corrected chi connectivity index (χ3v) is 3.01. The maximum Gasteiger partial charge on any atom is 0.330 e. The molecule has 0 aliphatic carbocycles. The minimum atomic E-state index is -0.359.